The summed E-state index contributed by atoms with van der Waals surface area (Å²) in [4.78, 5) is 13.2. The zero-order valence-corrected chi connectivity index (χ0v) is 10.3. The van der Waals surface area contributed by atoms with Crippen LogP contribution in [0.5, 0.6) is 0 Å². The normalized spacial score (nSPS) is 26.5. The predicted molar refractivity (Wildman–Crippen MR) is 70.8 cm³/mol. The monoisotopic (exact) mass is 206 g/mol. The fourth-order valence-corrected chi connectivity index (χ4v) is 2.49. The minimum absolute atomic E-state index is 0.270. The van der Waals surface area contributed by atoms with Crippen molar-refractivity contribution >= 4 is 28.8 Å². The van der Waals surface area contributed by atoms with Crippen molar-refractivity contribution in [2.75, 3.05) is 6.54 Å². The van der Waals surface area contributed by atoms with Gasteiger partial charge in [0.15, 0.2) is 15.3 Å². The lowest BCUT2D eigenvalue weighted by molar-refractivity contribution is -0.117. The van der Waals surface area contributed by atoms with Gasteiger partial charge in [0.25, 0.3) is 0 Å². The quantitative estimate of drug-likeness (QED) is 0.539. The first kappa shape index (κ1) is 12.9. The molecule has 0 aromatic heterocycles. The van der Waals surface area contributed by atoms with Gasteiger partial charge in [0.1, 0.15) is 5.78 Å². The van der Waals surface area contributed by atoms with Gasteiger partial charge in [-0.25, -0.2) is 0 Å². The maximum Gasteiger partial charge on any atom is 0.186 e. The Morgan fingerprint density at radius 1 is 1.47 bits per heavy atom. The first-order valence-corrected chi connectivity index (χ1v) is 6.06. The molecule has 0 heterocycles. The molecular formula is C9H21B3N2O. The van der Waals surface area contributed by atoms with Crippen molar-refractivity contribution in [3.8, 4) is 0 Å². The van der Waals surface area contributed by atoms with Crippen LogP contribution in [0.2, 0.25) is 0 Å². The van der Waals surface area contributed by atoms with Gasteiger partial charge in [0.05, 0.1) is 7.74 Å². The largest absolute Gasteiger partial charge is 0.364 e. The molecule has 0 bridgehead atoms. The molecule has 1 aliphatic rings. The summed E-state index contributed by atoms with van der Waals surface area (Å²) < 4.78 is 0. The molecule has 0 unspecified atom stereocenters. The number of carbonyl (C=O) groups excluding carboxylic acids is 1. The predicted octanol–water partition coefficient (Wildman–Crippen LogP) is -1.77. The molecule has 82 valence electrons. The van der Waals surface area contributed by atoms with Crippen molar-refractivity contribution in [3.05, 3.63) is 0 Å². The van der Waals surface area contributed by atoms with E-state index in [2.05, 4.69) is 25.8 Å². The first-order chi connectivity index (χ1) is 7.13. The number of hydrogen-bond donors (Lipinski definition) is 1. The molecule has 0 spiro atoms. The Morgan fingerprint density at radius 3 is 2.53 bits per heavy atom. The summed E-state index contributed by atoms with van der Waals surface area (Å²) in [5, 5.41) is 3.50. The van der Waals surface area contributed by atoms with E-state index in [0.717, 1.165) is 7.31 Å². The topological polar surface area (TPSA) is 32.3 Å². The molecule has 0 radical (unpaired) electrons. The first-order valence-electron chi connectivity index (χ1n) is 6.06. The average Bonchev–Trinajstić information content (AvgIpc) is 2.18. The SMILES string of the molecule is BBNC1CCC(N(B)CC(C)=O)CC1. The third-order valence-corrected chi connectivity index (χ3v) is 3.28. The molecular weight excluding hydrogens is 185 g/mol. The molecule has 1 aliphatic carbocycles. The van der Waals surface area contributed by atoms with Gasteiger partial charge in [0, 0.05) is 6.54 Å². The lowest BCUT2D eigenvalue weighted by Gasteiger charge is -2.35. The summed E-state index contributed by atoms with van der Waals surface area (Å²) in [6.45, 7) is 2.28. The van der Waals surface area contributed by atoms with Gasteiger partial charge in [-0.2, -0.15) is 0 Å². The minimum atomic E-state index is 0.270. The number of ketones is 1. The van der Waals surface area contributed by atoms with E-state index in [1.165, 1.54) is 25.7 Å². The average molecular weight is 206 g/mol. The van der Waals surface area contributed by atoms with Gasteiger partial charge in [-0.1, -0.05) is 0 Å². The van der Waals surface area contributed by atoms with Crippen LogP contribution >= 0.6 is 0 Å². The smallest absolute Gasteiger partial charge is 0.186 e. The van der Waals surface area contributed by atoms with Gasteiger partial charge in [-0.15, -0.1) is 0 Å². The van der Waals surface area contributed by atoms with E-state index in [1.807, 2.05) is 0 Å². The summed E-state index contributed by atoms with van der Waals surface area (Å²) >= 11 is 0. The Balaban J connectivity index is 2.27. The molecule has 0 aromatic carbocycles. The lowest BCUT2D eigenvalue weighted by Crippen LogP contribution is -2.43. The zero-order valence-electron chi connectivity index (χ0n) is 10.3. The summed E-state index contributed by atoms with van der Waals surface area (Å²) in [6, 6.07) is 1.32. The second-order valence-corrected chi connectivity index (χ2v) is 4.68. The highest BCUT2D eigenvalue weighted by Gasteiger charge is 2.23. The fraction of sp³-hybridized carbons (Fsp3) is 0.889. The van der Waals surface area contributed by atoms with Gasteiger partial charge < -0.3 is 10.0 Å². The van der Waals surface area contributed by atoms with Crippen LogP contribution in [0.1, 0.15) is 32.6 Å². The van der Waals surface area contributed by atoms with E-state index in [4.69, 9.17) is 0 Å². The number of rotatable bonds is 5. The van der Waals surface area contributed by atoms with Crippen LogP contribution in [0.3, 0.4) is 0 Å². The van der Waals surface area contributed by atoms with Crippen LogP contribution in [-0.4, -0.2) is 52.2 Å². The van der Waals surface area contributed by atoms with Crippen molar-refractivity contribution < 1.29 is 4.79 Å². The fourth-order valence-electron chi connectivity index (χ4n) is 2.49. The number of nitrogens with zero attached hydrogens (tertiary/aromatic N) is 1. The molecule has 0 aliphatic heterocycles. The van der Waals surface area contributed by atoms with Crippen molar-refractivity contribution in [1.29, 1.82) is 0 Å². The molecule has 1 fully saturated rings. The number of carbonyl (C=O) groups is 1. The van der Waals surface area contributed by atoms with E-state index in [0.29, 0.717) is 18.6 Å². The maximum absolute atomic E-state index is 11.0. The number of Topliss-reactive ketones (excluding diaryl/α,β-unsaturated/α-hetero) is 1. The van der Waals surface area contributed by atoms with E-state index in [-0.39, 0.29) is 5.78 Å². The van der Waals surface area contributed by atoms with E-state index in [9.17, 15) is 4.79 Å². The summed E-state index contributed by atoms with van der Waals surface area (Å²) in [7, 11) is 5.30. The van der Waals surface area contributed by atoms with Crippen LogP contribution in [0.15, 0.2) is 0 Å². The van der Waals surface area contributed by atoms with Crippen LogP contribution in [0, 0.1) is 0 Å². The second-order valence-electron chi connectivity index (χ2n) is 4.68. The van der Waals surface area contributed by atoms with E-state index < -0.39 is 0 Å². The highest BCUT2D eigenvalue weighted by atomic mass is 16.1. The third kappa shape index (κ3) is 4.43. The van der Waals surface area contributed by atoms with E-state index in [1.54, 1.807) is 6.92 Å². The van der Waals surface area contributed by atoms with Crippen molar-refractivity contribution in [3.63, 3.8) is 0 Å². The van der Waals surface area contributed by atoms with Crippen LogP contribution in [-0.2, 0) is 4.79 Å². The van der Waals surface area contributed by atoms with Crippen LogP contribution in [0.4, 0.5) is 0 Å². The molecule has 1 N–H and O–H groups in total. The summed E-state index contributed by atoms with van der Waals surface area (Å²) in [5.41, 5.74) is 0. The molecule has 1 rings (SSSR count). The Kier molecular flexibility index (Phi) is 5.47. The molecule has 0 atom stereocenters. The molecule has 6 heteroatoms. The Hall–Kier alpha value is -0.215. The molecule has 3 nitrogen and oxygen atoms in total. The van der Waals surface area contributed by atoms with Crippen molar-refractivity contribution in [2.45, 2.75) is 44.7 Å². The molecule has 1 saturated carbocycles. The number of nitrogens with one attached hydrogen (secondary N) is 1. The molecule has 0 amide bonds. The van der Waals surface area contributed by atoms with E-state index >= 15 is 0 Å². The molecule has 0 aromatic rings. The second kappa shape index (κ2) is 6.39. The minimum Gasteiger partial charge on any atom is -0.364 e. The van der Waals surface area contributed by atoms with Gasteiger partial charge in [-0.3, -0.25) is 4.79 Å². The Bertz CT molecular complexity index is 208. The lowest BCUT2D eigenvalue weighted by atomic mass is 9.66. The van der Waals surface area contributed by atoms with Crippen molar-refractivity contribution in [2.24, 2.45) is 0 Å². The number of hydrogen-bond acceptors (Lipinski definition) is 3. The zero-order chi connectivity index (χ0) is 11.3. The molecule has 15 heavy (non-hydrogen) atoms. The van der Waals surface area contributed by atoms with Crippen LogP contribution < -0.4 is 5.23 Å². The summed E-state index contributed by atoms with van der Waals surface area (Å²) in [5.74, 6) is 0.270. The molecule has 0 saturated heterocycles. The van der Waals surface area contributed by atoms with Crippen molar-refractivity contribution in [1.82, 2.24) is 10.0 Å². The Labute approximate surface area is 95.4 Å². The third-order valence-electron chi connectivity index (χ3n) is 3.28. The van der Waals surface area contributed by atoms with Gasteiger partial charge in [-0.05, 0) is 44.7 Å². The van der Waals surface area contributed by atoms with Gasteiger partial charge in [0.2, 0.25) is 0 Å². The van der Waals surface area contributed by atoms with Crippen LogP contribution in [0.25, 0.3) is 0 Å². The Morgan fingerprint density at radius 2 is 2.07 bits per heavy atom. The highest BCUT2D eigenvalue weighted by Crippen LogP contribution is 2.21. The highest BCUT2D eigenvalue weighted by molar-refractivity contribution is 6.87. The van der Waals surface area contributed by atoms with Gasteiger partial charge >= 0.3 is 0 Å². The standard InChI is InChI=1S/C9H21B3N2O/c1-7(15)6-14(11)9-4-2-8(3-5-9)13-12-10/h8-9,12-13H,2-6,10-11H2,1H3. The summed E-state index contributed by atoms with van der Waals surface area (Å²) in [6.07, 6.45) is 4.95. The maximum atomic E-state index is 11.0.